The first-order valence-electron chi connectivity index (χ1n) is 1.22. The highest BCUT2D eigenvalue weighted by molar-refractivity contribution is 4.93. The van der Waals surface area contributed by atoms with Gasteiger partial charge < -0.3 is 4.74 Å². The summed E-state index contributed by atoms with van der Waals surface area (Å²) in [4.78, 5) is 0. The first-order valence-corrected chi connectivity index (χ1v) is 1.22. The second-order valence-corrected chi connectivity index (χ2v) is 0.520. The number of methoxy groups -OCH3 is 1. The van der Waals surface area contributed by atoms with Crippen LogP contribution in [0.4, 0.5) is 0 Å². The van der Waals surface area contributed by atoms with Crippen molar-refractivity contribution in [3.63, 3.8) is 0 Å². The molecule has 0 aromatic rings. The zero-order valence-corrected chi connectivity index (χ0v) is 3.06. The van der Waals surface area contributed by atoms with Gasteiger partial charge in [-0.3, -0.25) is 0 Å². The molecule has 1 heteroatoms. The predicted molar refractivity (Wildman–Crippen MR) is 20.1 cm³/mol. The third-order valence-electron chi connectivity index (χ3n) is 0.186. The van der Waals surface area contributed by atoms with Gasteiger partial charge in [-0.15, -0.1) is 6.42 Å². The molecule has 27 valence electrons. The minimum Gasteiger partial charge on any atom is -0.365 e. The topological polar surface area (TPSA) is 9.23 Å². The third kappa shape index (κ3) is 3.52. The van der Waals surface area contributed by atoms with Crippen molar-refractivity contribution in [3.8, 4) is 12.3 Å². The van der Waals surface area contributed by atoms with E-state index in [1.165, 1.54) is 13.7 Å². The van der Waals surface area contributed by atoms with E-state index in [-0.39, 0.29) is 0 Å². The number of ether oxygens (including phenoxy) is 1. The molecule has 0 fully saturated rings. The smallest absolute Gasteiger partial charge is 0.154 e. The van der Waals surface area contributed by atoms with E-state index in [1.807, 2.05) is 0 Å². The van der Waals surface area contributed by atoms with E-state index in [2.05, 4.69) is 10.7 Å². The number of rotatable bonds is 1. The first-order chi connectivity index (χ1) is 2.41. The van der Waals surface area contributed by atoms with E-state index in [9.17, 15) is 0 Å². The monoisotopic (exact) mass is 69.0 g/mol. The standard InChI is InChI=1S/C4H5O/c1-3-4-5-2/h1,4H,2H3. The molecule has 0 aliphatic carbocycles. The molecule has 1 radical (unpaired) electrons. The van der Waals surface area contributed by atoms with Crippen molar-refractivity contribution in [2.75, 3.05) is 7.11 Å². The van der Waals surface area contributed by atoms with Crippen LogP contribution in [0.15, 0.2) is 0 Å². The van der Waals surface area contributed by atoms with Gasteiger partial charge in [-0.05, 0) is 0 Å². The first kappa shape index (κ1) is 4.52. The van der Waals surface area contributed by atoms with Crippen molar-refractivity contribution in [2.24, 2.45) is 0 Å². The average molecular weight is 69.1 g/mol. The summed E-state index contributed by atoms with van der Waals surface area (Å²) in [6.07, 6.45) is 4.71. The molecule has 0 bridgehead atoms. The fourth-order valence-electron chi connectivity index (χ4n) is 0.0680. The fourth-order valence-corrected chi connectivity index (χ4v) is 0.0680. The molecule has 0 aromatic carbocycles. The van der Waals surface area contributed by atoms with Crippen molar-refractivity contribution >= 4 is 0 Å². The van der Waals surface area contributed by atoms with Crippen LogP contribution < -0.4 is 0 Å². The van der Waals surface area contributed by atoms with E-state index in [0.29, 0.717) is 0 Å². The summed E-state index contributed by atoms with van der Waals surface area (Å²) in [5, 5.41) is 0. The number of hydrogen-bond donors (Lipinski definition) is 0. The van der Waals surface area contributed by atoms with Crippen LogP contribution in [0, 0.1) is 19.0 Å². The minimum absolute atomic E-state index is 1.28. The molecule has 0 saturated heterocycles. The van der Waals surface area contributed by atoms with Crippen molar-refractivity contribution in [1.82, 2.24) is 0 Å². The maximum atomic E-state index is 4.71. The van der Waals surface area contributed by atoms with Gasteiger partial charge in [-0.25, -0.2) is 0 Å². The van der Waals surface area contributed by atoms with Crippen LogP contribution in [0.5, 0.6) is 0 Å². The Morgan fingerprint density at radius 2 is 2.60 bits per heavy atom. The molecule has 0 aliphatic rings. The van der Waals surface area contributed by atoms with Crippen LogP contribution in [-0.2, 0) is 4.74 Å². The van der Waals surface area contributed by atoms with Crippen LogP contribution in [0.1, 0.15) is 0 Å². The van der Waals surface area contributed by atoms with Crippen LogP contribution in [0.25, 0.3) is 0 Å². The third-order valence-corrected chi connectivity index (χ3v) is 0.186. The highest BCUT2D eigenvalue weighted by atomic mass is 16.5. The maximum absolute atomic E-state index is 4.71. The SMILES string of the molecule is C#C[CH]OC. The summed E-state index contributed by atoms with van der Waals surface area (Å²) in [7, 11) is 1.51. The lowest BCUT2D eigenvalue weighted by Crippen LogP contribution is -1.67. The van der Waals surface area contributed by atoms with Crippen LogP contribution >= 0.6 is 0 Å². The molecule has 0 saturated carbocycles. The highest BCUT2D eigenvalue weighted by Gasteiger charge is 1.60. The molecular formula is C4H5O. The van der Waals surface area contributed by atoms with Gasteiger partial charge in [0.2, 0.25) is 0 Å². The zero-order chi connectivity index (χ0) is 4.12. The largest absolute Gasteiger partial charge is 0.365 e. The van der Waals surface area contributed by atoms with Crippen molar-refractivity contribution in [1.29, 1.82) is 0 Å². The summed E-state index contributed by atoms with van der Waals surface area (Å²) in [5.74, 6) is 2.17. The molecular weight excluding hydrogens is 64.0 g/mol. The second-order valence-electron chi connectivity index (χ2n) is 0.520. The van der Waals surface area contributed by atoms with E-state index >= 15 is 0 Å². The Morgan fingerprint density at radius 1 is 2.00 bits per heavy atom. The lowest BCUT2D eigenvalue weighted by Gasteiger charge is -1.75. The molecule has 0 spiro atoms. The zero-order valence-electron chi connectivity index (χ0n) is 3.06. The molecule has 0 rings (SSSR count). The van der Waals surface area contributed by atoms with Crippen molar-refractivity contribution < 1.29 is 4.74 Å². The summed E-state index contributed by atoms with van der Waals surface area (Å²) in [6.45, 7) is 1.28. The molecule has 5 heavy (non-hydrogen) atoms. The fraction of sp³-hybridized carbons (Fsp3) is 0.250. The van der Waals surface area contributed by atoms with Crippen LogP contribution in [-0.4, -0.2) is 7.11 Å². The van der Waals surface area contributed by atoms with Gasteiger partial charge in [0.05, 0.1) is 0 Å². The number of hydrogen-bond acceptors (Lipinski definition) is 1. The van der Waals surface area contributed by atoms with Crippen molar-refractivity contribution in [3.05, 3.63) is 6.61 Å². The van der Waals surface area contributed by atoms with Gasteiger partial charge >= 0.3 is 0 Å². The molecule has 0 atom stereocenters. The molecule has 0 N–H and O–H groups in total. The van der Waals surface area contributed by atoms with Crippen molar-refractivity contribution in [2.45, 2.75) is 0 Å². The Hall–Kier alpha value is -0.480. The van der Waals surface area contributed by atoms with Crippen LogP contribution in [0.3, 0.4) is 0 Å². The Bertz CT molecular complexity index is 42.1. The second kappa shape index (κ2) is 3.52. The summed E-state index contributed by atoms with van der Waals surface area (Å²) < 4.78 is 4.33. The molecule has 1 nitrogen and oxygen atoms in total. The quantitative estimate of drug-likeness (QED) is 0.406. The average Bonchev–Trinajstić information content (AvgIpc) is 1.41. The minimum atomic E-state index is 1.28. The van der Waals surface area contributed by atoms with Gasteiger partial charge in [-0.2, -0.15) is 0 Å². The highest BCUT2D eigenvalue weighted by Crippen LogP contribution is 1.64. The summed E-state index contributed by atoms with van der Waals surface area (Å²) >= 11 is 0. The molecule has 0 amide bonds. The lowest BCUT2D eigenvalue weighted by molar-refractivity contribution is 0.301. The predicted octanol–water partition coefficient (Wildman–Crippen LogP) is 0.428. The Labute approximate surface area is 31.9 Å². The summed E-state index contributed by atoms with van der Waals surface area (Å²) in [5.41, 5.74) is 0. The molecule has 0 aliphatic heterocycles. The Kier molecular flexibility index (Phi) is 3.18. The van der Waals surface area contributed by atoms with Crippen LogP contribution in [0.2, 0.25) is 0 Å². The molecule has 0 heterocycles. The molecule has 0 aromatic heterocycles. The lowest BCUT2D eigenvalue weighted by atomic mass is 10.8. The van der Waals surface area contributed by atoms with E-state index in [1.54, 1.807) is 0 Å². The van der Waals surface area contributed by atoms with E-state index in [4.69, 9.17) is 6.42 Å². The van der Waals surface area contributed by atoms with E-state index < -0.39 is 0 Å². The maximum Gasteiger partial charge on any atom is 0.154 e. The van der Waals surface area contributed by atoms with Gasteiger partial charge in [0, 0.05) is 7.11 Å². The van der Waals surface area contributed by atoms with Gasteiger partial charge in [0.1, 0.15) is 0 Å². The normalized spacial score (nSPS) is 6.40. The summed E-state index contributed by atoms with van der Waals surface area (Å²) in [6, 6.07) is 0. The van der Waals surface area contributed by atoms with Gasteiger partial charge in [0.15, 0.2) is 6.61 Å². The number of terminal acetylenes is 1. The Morgan fingerprint density at radius 3 is 2.60 bits per heavy atom. The van der Waals surface area contributed by atoms with E-state index in [0.717, 1.165) is 0 Å². The molecule has 0 unspecified atom stereocenters. The Balaban J connectivity index is 2.48. The van der Waals surface area contributed by atoms with Gasteiger partial charge in [-0.1, -0.05) is 5.92 Å². The van der Waals surface area contributed by atoms with Gasteiger partial charge in [0.25, 0.3) is 0 Å².